The third-order valence-corrected chi connectivity index (χ3v) is 1.79. The van der Waals surface area contributed by atoms with Crippen molar-refractivity contribution in [3.8, 4) is 0 Å². The lowest BCUT2D eigenvalue weighted by Gasteiger charge is -2.12. The quantitative estimate of drug-likeness (QED) is 0.511. The molecule has 0 aromatic carbocycles. The highest BCUT2D eigenvalue weighted by Gasteiger charge is 2.25. The molecule has 5 nitrogen and oxygen atoms in total. The fraction of sp³-hybridized carbons (Fsp3) is 0.857. The van der Waals surface area contributed by atoms with Crippen LogP contribution < -0.4 is 5.32 Å². The summed E-state index contributed by atoms with van der Waals surface area (Å²) in [5.41, 5.74) is 0. The maximum atomic E-state index is 10.7. The first-order valence-corrected chi connectivity index (χ1v) is 3.80. The zero-order chi connectivity index (χ0) is 8.97. The van der Waals surface area contributed by atoms with Crippen molar-refractivity contribution in [1.29, 1.82) is 0 Å². The molecule has 1 aliphatic heterocycles. The van der Waals surface area contributed by atoms with Gasteiger partial charge in [0.2, 0.25) is 0 Å². The van der Waals surface area contributed by atoms with E-state index in [-0.39, 0.29) is 18.6 Å². The number of nitrogens with one attached hydrogen (secondary N) is 1. The highest BCUT2D eigenvalue weighted by Crippen LogP contribution is 2.04. The Hall–Kier alpha value is -0.650. The van der Waals surface area contributed by atoms with Crippen LogP contribution in [0.5, 0.6) is 0 Å². The van der Waals surface area contributed by atoms with Crippen LogP contribution in [0.3, 0.4) is 0 Å². The van der Waals surface area contributed by atoms with E-state index in [1.165, 1.54) is 7.11 Å². The van der Waals surface area contributed by atoms with Crippen LogP contribution in [0.15, 0.2) is 0 Å². The molecule has 2 N–H and O–H groups in total. The number of hydrogen-bond acceptors (Lipinski definition) is 5. The van der Waals surface area contributed by atoms with Gasteiger partial charge in [-0.1, -0.05) is 0 Å². The fourth-order valence-electron chi connectivity index (χ4n) is 1.02. The summed E-state index contributed by atoms with van der Waals surface area (Å²) in [6.07, 6.45) is -0.519. The number of carbonyl (C=O) groups is 1. The molecule has 1 heterocycles. The van der Waals surface area contributed by atoms with E-state index in [4.69, 9.17) is 4.74 Å². The van der Waals surface area contributed by atoms with E-state index in [1.54, 1.807) is 0 Å². The smallest absolute Gasteiger partial charge is 0.319 e. The molecule has 70 valence electrons. The predicted molar refractivity (Wildman–Crippen MR) is 40.6 cm³/mol. The van der Waals surface area contributed by atoms with Crippen molar-refractivity contribution in [3.63, 3.8) is 0 Å². The van der Waals surface area contributed by atoms with Crippen molar-refractivity contribution in [2.24, 2.45) is 0 Å². The highest BCUT2D eigenvalue weighted by molar-refractivity contribution is 5.71. The van der Waals surface area contributed by atoms with Gasteiger partial charge in [-0.25, -0.2) is 0 Å². The minimum absolute atomic E-state index is 0.113. The van der Waals surface area contributed by atoms with Gasteiger partial charge in [0.05, 0.1) is 39.0 Å². The van der Waals surface area contributed by atoms with Gasteiger partial charge in [-0.15, -0.1) is 0 Å². The van der Waals surface area contributed by atoms with Crippen molar-refractivity contribution < 1.29 is 19.4 Å². The number of rotatable bonds is 3. The first-order valence-electron chi connectivity index (χ1n) is 3.80. The summed E-state index contributed by atoms with van der Waals surface area (Å²) < 4.78 is 9.39. The second kappa shape index (κ2) is 4.39. The van der Waals surface area contributed by atoms with Crippen molar-refractivity contribution in [2.45, 2.75) is 12.1 Å². The number of hydrogen-bond donors (Lipinski definition) is 2. The molecule has 0 amide bonds. The monoisotopic (exact) mass is 175 g/mol. The fourth-order valence-corrected chi connectivity index (χ4v) is 1.02. The molecule has 0 radical (unpaired) electrons. The largest absolute Gasteiger partial charge is 0.468 e. The Bertz CT molecular complexity index is 161. The third-order valence-electron chi connectivity index (χ3n) is 1.79. The van der Waals surface area contributed by atoms with E-state index in [0.29, 0.717) is 13.2 Å². The van der Waals surface area contributed by atoms with E-state index >= 15 is 0 Å². The number of aliphatic hydroxyl groups excluding tert-OH is 1. The molecule has 0 bridgehead atoms. The molecular weight excluding hydrogens is 162 g/mol. The Morgan fingerprint density at radius 1 is 1.75 bits per heavy atom. The number of aliphatic hydroxyl groups is 1. The molecule has 1 fully saturated rings. The molecule has 1 aliphatic rings. The van der Waals surface area contributed by atoms with E-state index in [1.807, 2.05) is 0 Å². The zero-order valence-corrected chi connectivity index (χ0v) is 6.95. The van der Waals surface area contributed by atoms with Gasteiger partial charge in [-0.05, 0) is 0 Å². The normalized spacial score (nSPS) is 28.8. The summed E-state index contributed by atoms with van der Waals surface area (Å²) >= 11 is 0. The van der Waals surface area contributed by atoms with Gasteiger partial charge < -0.3 is 14.6 Å². The number of methoxy groups -OCH3 is 1. The second-order valence-electron chi connectivity index (χ2n) is 2.67. The van der Waals surface area contributed by atoms with E-state index in [0.717, 1.165) is 0 Å². The second-order valence-corrected chi connectivity index (χ2v) is 2.67. The lowest BCUT2D eigenvalue weighted by molar-refractivity contribution is -0.139. The van der Waals surface area contributed by atoms with Crippen LogP contribution in [0.1, 0.15) is 0 Å². The topological polar surface area (TPSA) is 67.8 Å². The van der Waals surface area contributed by atoms with Gasteiger partial charge in [0.1, 0.15) is 0 Å². The maximum absolute atomic E-state index is 10.7. The summed E-state index contributed by atoms with van der Waals surface area (Å²) in [6, 6.07) is -0.149. The van der Waals surface area contributed by atoms with E-state index in [2.05, 4.69) is 10.1 Å². The standard InChI is InChI=1S/C7H13NO4/c1-11-7(10)2-8-5-3-12-4-6(5)9/h5-6,8-9H,2-4H2,1H3/t5-,6-/m1/s1. The van der Waals surface area contributed by atoms with Crippen molar-refractivity contribution in [2.75, 3.05) is 26.9 Å². The van der Waals surface area contributed by atoms with Crippen LogP contribution >= 0.6 is 0 Å². The summed E-state index contributed by atoms with van der Waals surface area (Å²) in [6.45, 7) is 0.887. The van der Waals surface area contributed by atoms with Crippen LogP contribution in [0.4, 0.5) is 0 Å². The Morgan fingerprint density at radius 2 is 2.50 bits per heavy atom. The molecule has 0 saturated carbocycles. The van der Waals surface area contributed by atoms with Gasteiger partial charge in [0.25, 0.3) is 0 Å². The van der Waals surface area contributed by atoms with Gasteiger partial charge in [0.15, 0.2) is 0 Å². The molecule has 12 heavy (non-hydrogen) atoms. The van der Waals surface area contributed by atoms with Gasteiger partial charge >= 0.3 is 5.97 Å². The average molecular weight is 175 g/mol. The first kappa shape index (κ1) is 9.44. The van der Waals surface area contributed by atoms with Crippen LogP contribution in [0.2, 0.25) is 0 Å². The van der Waals surface area contributed by atoms with E-state index in [9.17, 15) is 9.90 Å². The Labute approximate surface area is 70.7 Å². The third kappa shape index (κ3) is 2.44. The number of ether oxygens (including phenoxy) is 2. The molecule has 0 unspecified atom stereocenters. The maximum Gasteiger partial charge on any atom is 0.319 e. The van der Waals surface area contributed by atoms with Crippen LogP contribution in [0.25, 0.3) is 0 Å². The van der Waals surface area contributed by atoms with Crippen molar-refractivity contribution >= 4 is 5.97 Å². The minimum atomic E-state index is -0.519. The number of esters is 1. The molecule has 0 aliphatic carbocycles. The van der Waals surface area contributed by atoms with Gasteiger partial charge in [0, 0.05) is 0 Å². The lowest BCUT2D eigenvalue weighted by atomic mass is 10.2. The lowest BCUT2D eigenvalue weighted by Crippen LogP contribution is -2.41. The summed E-state index contributed by atoms with van der Waals surface area (Å²) in [4.78, 5) is 10.7. The summed E-state index contributed by atoms with van der Waals surface area (Å²) in [5, 5.41) is 12.1. The molecule has 1 rings (SSSR count). The molecule has 1 saturated heterocycles. The minimum Gasteiger partial charge on any atom is -0.468 e. The van der Waals surface area contributed by atoms with Crippen molar-refractivity contribution in [3.05, 3.63) is 0 Å². The highest BCUT2D eigenvalue weighted by atomic mass is 16.5. The summed E-state index contributed by atoms with van der Waals surface area (Å²) in [5.74, 6) is -0.339. The SMILES string of the molecule is COC(=O)CN[C@@H]1COC[C@H]1O. The van der Waals surface area contributed by atoms with E-state index < -0.39 is 6.10 Å². The Morgan fingerprint density at radius 3 is 3.00 bits per heavy atom. The molecule has 0 aromatic heterocycles. The molecular formula is C7H13NO4. The first-order chi connectivity index (χ1) is 5.74. The number of carbonyl (C=O) groups excluding carboxylic acids is 1. The van der Waals surface area contributed by atoms with Crippen LogP contribution in [-0.4, -0.2) is 50.1 Å². The average Bonchev–Trinajstić information content (AvgIpc) is 2.47. The van der Waals surface area contributed by atoms with Crippen LogP contribution in [0, 0.1) is 0 Å². The Balaban J connectivity index is 2.18. The zero-order valence-electron chi connectivity index (χ0n) is 6.95. The van der Waals surface area contributed by atoms with Crippen molar-refractivity contribution in [1.82, 2.24) is 5.32 Å². The Kier molecular flexibility index (Phi) is 3.46. The van der Waals surface area contributed by atoms with Crippen LogP contribution in [-0.2, 0) is 14.3 Å². The van der Waals surface area contributed by atoms with Gasteiger partial charge in [-0.2, -0.15) is 0 Å². The van der Waals surface area contributed by atoms with Gasteiger partial charge in [-0.3, -0.25) is 10.1 Å². The molecule has 0 aromatic rings. The summed E-state index contributed by atoms with van der Waals surface area (Å²) in [7, 11) is 1.32. The predicted octanol–water partition coefficient (Wildman–Crippen LogP) is -1.49. The molecule has 5 heteroatoms. The molecule has 2 atom stereocenters. The molecule has 0 spiro atoms.